The summed E-state index contributed by atoms with van der Waals surface area (Å²) in [7, 11) is 0. The topological polar surface area (TPSA) is 48.5 Å². The molecule has 0 fully saturated rings. The van der Waals surface area contributed by atoms with Gasteiger partial charge >= 0.3 is 0 Å². The van der Waals surface area contributed by atoms with Crippen molar-refractivity contribution in [3.63, 3.8) is 0 Å². The predicted octanol–water partition coefficient (Wildman–Crippen LogP) is 15.7. The van der Waals surface area contributed by atoms with Crippen molar-refractivity contribution in [2.24, 2.45) is 0 Å². The molecular formula is C63H45N5. The van der Waals surface area contributed by atoms with Crippen molar-refractivity contribution in [2.45, 2.75) is 38.5 Å². The van der Waals surface area contributed by atoms with Crippen LogP contribution in [0.4, 0.5) is 0 Å². The molecule has 5 heteroatoms. The molecule has 322 valence electrons. The molecule has 3 aromatic heterocycles. The lowest BCUT2D eigenvalue weighted by molar-refractivity contribution is 0.661. The van der Waals surface area contributed by atoms with Gasteiger partial charge in [-0.25, -0.2) is 15.0 Å². The maximum Gasteiger partial charge on any atom is 0.166 e. The number of fused-ring (bicyclic) bond motifs is 12. The summed E-state index contributed by atoms with van der Waals surface area (Å²) in [5, 5.41) is 4.89. The van der Waals surface area contributed by atoms with Gasteiger partial charge in [0.15, 0.2) is 17.5 Å². The molecule has 12 aromatic rings. The molecule has 3 heterocycles. The maximum atomic E-state index is 5.53. The van der Waals surface area contributed by atoms with Crippen LogP contribution in [0.15, 0.2) is 200 Å². The quantitative estimate of drug-likeness (QED) is 0.173. The lowest BCUT2D eigenvalue weighted by Gasteiger charge is -2.21. The second-order valence-electron chi connectivity index (χ2n) is 19.6. The van der Waals surface area contributed by atoms with Crippen molar-refractivity contribution in [3.05, 3.63) is 222 Å². The second kappa shape index (κ2) is 14.1. The van der Waals surface area contributed by atoms with Crippen LogP contribution in [0.5, 0.6) is 0 Å². The Hall–Kier alpha value is -8.41. The Bertz CT molecular complexity index is 3850. The third kappa shape index (κ3) is 5.35. The smallest absolute Gasteiger partial charge is 0.166 e. The molecule has 5 nitrogen and oxygen atoms in total. The van der Waals surface area contributed by atoms with Gasteiger partial charge in [0.25, 0.3) is 0 Å². The molecule has 0 saturated heterocycles. The molecule has 9 aromatic carbocycles. The average molecular weight is 872 g/mol. The van der Waals surface area contributed by atoms with E-state index in [1.165, 1.54) is 66.1 Å². The zero-order chi connectivity index (χ0) is 45.5. The lowest BCUT2D eigenvalue weighted by Crippen LogP contribution is -2.14. The summed E-state index contributed by atoms with van der Waals surface area (Å²) in [6, 6.07) is 72.5. The molecule has 0 amide bonds. The minimum Gasteiger partial charge on any atom is -0.308 e. The van der Waals surface area contributed by atoms with Crippen LogP contribution >= 0.6 is 0 Å². The molecule has 0 N–H and O–H groups in total. The minimum absolute atomic E-state index is 0.117. The molecule has 0 spiro atoms. The molecule has 68 heavy (non-hydrogen) atoms. The van der Waals surface area contributed by atoms with E-state index in [0.29, 0.717) is 17.5 Å². The van der Waals surface area contributed by atoms with E-state index in [9.17, 15) is 0 Å². The highest BCUT2D eigenvalue weighted by atomic mass is 15.1. The highest BCUT2D eigenvalue weighted by Crippen LogP contribution is 2.53. The van der Waals surface area contributed by atoms with Gasteiger partial charge in [-0.1, -0.05) is 167 Å². The molecule has 0 unspecified atom stereocenters. The Labute approximate surface area is 394 Å². The summed E-state index contributed by atoms with van der Waals surface area (Å²) in [5.74, 6) is 1.83. The first-order valence-electron chi connectivity index (χ1n) is 23.6. The summed E-state index contributed by atoms with van der Waals surface area (Å²) >= 11 is 0. The normalized spacial score (nSPS) is 14.1. The number of nitrogens with zero attached hydrogens (tertiary/aromatic N) is 5. The van der Waals surface area contributed by atoms with Crippen LogP contribution in [-0.2, 0) is 10.8 Å². The van der Waals surface area contributed by atoms with Gasteiger partial charge < -0.3 is 9.13 Å². The van der Waals surface area contributed by atoms with Gasteiger partial charge in [0.05, 0.1) is 33.4 Å². The van der Waals surface area contributed by atoms with E-state index < -0.39 is 0 Å². The van der Waals surface area contributed by atoms with E-state index in [-0.39, 0.29) is 10.8 Å². The molecule has 0 bridgehead atoms. The van der Waals surface area contributed by atoms with Crippen molar-refractivity contribution >= 4 is 43.6 Å². The zero-order valence-corrected chi connectivity index (χ0v) is 38.3. The van der Waals surface area contributed by atoms with Crippen molar-refractivity contribution in [2.75, 3.05) is 0 Å². The van der Waals surface area contributed by atoms with E-state index >= 15 is 0 Å². The van der Waals surface area contributed by atoms with E-state index in [1.807, 2.05) is 18.2 Å². The zero-order valence-electron chi connectivity index (χ0n) is 38.3. The number of benzene rings is 9. The minimum atomic E-state index is -0.117. The highest BCUT2D eigenvalue weighted by molar-refractivity contribution is 6.13. The van der Waals surface area contributed by atoms with Gasteiger partial charge in [-0.15, -0.1) is 0 Å². The molecule has 14 rings (SSSR count). The summed E-state index contributed by atoms with van der Waals surface area (Å²) < 4.78 is 4.84. The average Bonchev–Trinajstić information content (AvgIpc) is 4.03. The van der Waals surface area contributed by atoms with Gasteiger partial charge in [-0.2, -0.15) is 0 Å². The third-order valence-corrected chi connectivity index (χ3v) is 15.2. The largest absolute Gasteiger partial charge is 0.308 e. The van der Waals surface area contributed by atoms with Crippen LogP contribution in [0.25, 0.3) is 111 Å². The van der Waals surface area contributed by atoms with Gasteiger partial charge in [-0.05, 0) is 105 Å². The Morgan fingerprint density at radius 2 is 0.676 bits per heavy atom. The van der Waals surface area contributed by atoms with E-state index in [4.69, 9.17) is 15.0 Å². The third-order valence-electron chi connectivity index (χ3n) is 15.2. The Morgan fingerprint density at radius 3 is 1.16 bits per heavy atom. The van der Waals surface area contributed by atoms with Gasteiger partial charge in [0.1, 0.15) is 0 Å². The molecule has 0 aliphatic heterocycles. The summed E-state index contributed by atoms with van der Waals surface area (Å²) in [6.45, 7) is 9.41. The van der Waals surface area contributed by atoms with Gasteiger partial charge in [0, 0.05) is 49.1 Å². The molecule has 0 saturated carbocycles. The van der Waals surface area contributed by atoms with Gasteiger partial charge in [0.2, 0.25) is 0 Å². The fourth-order valence-electron chi connectivity index (χ4n) is 11.9. The van der Waals surface area contributed by atoms with E-state index in [0.717, 1.165) is 50.1 Å². The lowest BCUT2D eigenvalue weighted by atomic mass is 9.82. The first-order valence-corrected chi connectivity index (χ1v) is 23.6. The fourth-order valence-corrected chi connectivity index (χ4v) is 11.9. The van der Waals surface area contributed by atoms with Crippen LogP contribution in [0.3, 0.4) is 0 Å². The maximum absolute atomic E-state index is 5.53. The molecule has 2 aliphatic carbocycles. The van der Waals surface area contributed by atoms with E-state index in [2.05, 4.69) is 219 Å². The Kier molecular flexibility index (Phi) is 8.02. The second-order valence-corrected chi connectivity index (χ2v) is 19.6. The standard InChI is InChI=1S/C63H45N5/c1-62(2)49-28-14-8-22-39(49)45-36-57-47(34-51(45)62)41-24-10-16-30-53(41)67(57)55-32-18-12-26-43(55)60-64-59(38-20-6-5-7-21-38)65-61(66-60)44-27-13-19-33-56(44)68-54-31-17-11-25-42(54)48-35-52-46(37-58(48)68)40-23-9-15-29-50(40)63(52,3)4/h5-37H,1-4H3. The van der Waals surface area contributed by atoms with Crippen LogP contribution in [-0.4, -0.2) is 24.1 Å². The van der Waals surface area contributed by atoms with E-state index in [1.54, 1.807) is 0 Å². The van der Waals surface area contributed by atoms with Crippen LogP contribution in [0.1, 0.15) is 49.9 Å². The Morgan fingerprint density at radius 1 is 0.294 bits per heavy atom. The summed E-state index contributed by atoms with van der Waals surface area (Å²) in [6.07, 6.45) is 0. The molecule has 0 atom stereocenters. The number of aromatic nitrogens is 5. The van der Waals surface area contributed by atoms with Crippen LogP contribution in [0.2, 0.25) is 0 Å². The molecule has 2 aliphatic rings. The van der Waals surface area contributed by atoms with Crippen molar-refractivity contribution in [1.82, 2.24) is 24.1 Å². The fraction of sp³-hybridized carbons (Fsp3) is 0.0952. The summed E-state index contributed by atoms with van der Waals surface area (Å²) in [4.78, 5) is 16.2. The molecular weight excluding hydrogens is 827 g/mol. The summed E-state index contributed by atoms with van der Waals surface area (Å²) in [5.41, 5.74) is 19.7. The number of hydrogen-bond donors (Lipinski definition) is 0. The van der Waals surface area contributed by atoms with Crippen molar-refractivity contribution in [3.8, 4) is 67.8 Å². The monoisotopic (exact) mass is 871 g/mol. The van der Waals surface area contributed by atoms with Crippen molar-refractivity contribution in [1.29, 1.82) is 0 Å². The molecule has 0 radical (unpaired) electrons. The first kappa shape index (κ1) is 38.8. The number of hydrogen-bond acceptors (Lipinski definition) is 3. The van der Waals surface area contributed by atoms with Crippen molar-refractivity contribution < 1.29 is 0 Å². The van der Waals surface area contributed by atoms with Gasteiger partial charge in [-0.3, -0.25) is 0 Å². The van der Waals surface area contributed by atoms with Crippen LogP contribution < -0.4 is 0 Å². The Balaban J connectivity index is 1.01. The first-order chi connectivity index (χ1) is 33.3. The predicted molar refractivity (Wildman–Crippen MR) is 280 cm³/mol. The SMILES string of the molecule is CC1(C)c2ccccc2-c2cc3c(cc21)c1ccccc1n3-c1ccccc1-c1nc(-c2ccccc2)nc(-c2ccccc2-n2c3ccccc3c3cc4c(cc32)-c2ccccc2C4(C)C)n1. The van der Waals surface area contributed by atoms with Crippen LogP contribution in [0, 0.1) is 0 Å². The number of rotatable bonds is 5. The highest BCUT2D eigenvalue weighted by Gasteiger charge is 2.38. The number of para-hydroxylation sites is 4.